The predicted octanol–water partition coefficient (Wildman–Crippen LogP) is 4.15. The molecule has 2 N–H and O–H groups in total. The average molecular weight is 308 g/mol. The Morgan fingerprint density at radius 2 is 2.00 bits per heavy atom. The van der Waals surface area contributed by atoms with Gasteiger partial charge in [0.1, 0.15) is 5.82 Å². The highest BCUT2D eigenvalue weighted by molar-refractivity contribution is 5.56. The molecule has 1 heterocycles. The highest BCUT2D eigenvalue weighted by Gasteiger charge is 2.30. The van der Waals surface area contributed by atoms with Crippen molar-refractivity contribution in [2.75, 3.05) is 17.2 Å². The Bertz CT molecular complexity index is 668. The standard InChI is InChI=1S/C15H15F3N4/c1-3-7-19-13-8-10(2)20-14(22-13)21-12-6-4-5-11(9-12)15(16,17)18/h3-6,8-9H,1,7H2,2H3,(H2,19,20,21,22). The fourth-order valence-electron chi connectivity index (χ4n) is 1.79. The van der Waals surface area contributed by atoms with Gasteiger partial charge in [-0.1, -0.05) is 12.1 Å². The van der Waals surface area contributed by atoms with Crippen LogP contribution in [0.3, 0.4) is 0 Å². The van der Waals surface area contributed by atoms with E-state index >= 15 is 0 Å². The summed E-state index contributed by atoms with van der Waals surface area (Å²) in [6.07, 6.45) is -2.71. The number of anilines is 3. The second kappa shape index (κ2) is 6.46. The largest absolute Gasteiger partial charge is 0.416 e. The van der Waals surface area contributed by atoms with Gasteiger partial charge in [-0.3, -0.25) is 0 Å². The molecule has 0 aliphatic carbocycles. The van der Waals surface area contributed by atoms with Crippen LogP contribution < -0.4 is 10.6 Å². The van der Waals surface area contributed by atoms with E-state index < -0.39 is 11.7 Å². The molecule has 0 radical (unpaired) electrons. The highest BCUT2D eigenvalue weighted by atomic mass is 19.4. The minimum absolute atomic E-state index is 0.228. The molecule has 0 unspecified atom stereocenters. The van der Waals surface area contributed by atoms with Gasteiger partial charge in [0.05, 0.1) is 5.56 Å². The molecule has 22 heavy (non-hydrogen) atoms. The third kappa shape index (κ3) is 4.21. The second-order valence-corrected chi connectivity index (χ2v) is 4.59. The van der Waals surface area contributed by atoms with Crippen molar-refractivity contribution in [2.45, 2.75) is 13.1 Å². The zero-order valence-electron chi connectivity index (χ0n) is 11.9. The van der Waals surface area contributed by atoms with Gasteiger partial charge < -0.3 is 10.6 Å². The molecule has 0 saturated carbocycles. The first-order valence-corrected chi connectivity index (χ1v) is 6.53. The lowest BCUT2D eigenvalue weighted by Gasteiger charge is -2.11. The van der Waals surface area contributed by atoms with Crippen molar-refractivity contribution in [3.8, 4) is 0 Å². The Kier molecular flexibility index (Phi) is 4.65. The normalized spacial score (nSPS) is 11.1. The van der Waals surface area contributed by atoms with E-state index in [-0.39, 0.29) is 11.6 Å². The summed E-state index contributed by atoms with van der Waals surface area (Å²) in [7, 11) is 0. The number of nitrogens with zero attached hydrogens (tertiary/aromatic N) is 2. The quantitative estimate of drug-likeness (QED) is 0.815. The van der Waals surface area contributed by atoms with Crippen LogP contribution in [-0.2, 0) is 6.18 Å². The number of rotatable bonds is 5. The Morgan fingerprint density at radius 1 is 1.23 bits per heavy atom. The van der Waals surface area contributed by atoms with E-state index in [4.69, 9.17) is 0 Å². The molecule has 0 bridgehead atoms. The van der Waals surface area contributed by atoms with Gasteiger partial charge in [0.15, 0.2) is 0 Å². The van der Waals surface area contributed by atoms with Crippen LogP contribution in [0.25, 0.3) is 0 Å². The number of aryl methyl sites for hydroxylation is 1. The molecule has 0 aliphatic rings. The van der Waals surface area contributed by atoms with Crippen LogP contribution in [0.1, 0.15) is 11.3 Å². The highest BCUT2D eigenvalue weighted by Crippen LogP contribution is 2.31. The van der Waals surface area contributed by atoms with Crippen LogP contribution in [0.2, 0.25) is 0 Å². The smallest absolute Gasteiger partial charge is 0.366 e. The molecular weight excluding hydrogens is 293 g/mol. The lowest BCUT2D eigenvalue weighted by molar-refractivity contribution is -0.137. The van der Waals surface area contributed by atoms with Crippen LogP contribution in [0.15, 0.2) is 43.0 Å². The van der Waals surface area contributed by atoms with Gasteiger partial charge in [-0.15, -0.1) is 6.58 Å². The summed E-state index contributed by atoms with van der Waals surface area (Å²) in [5.41, 5.74) is 0.237. The molecule has 2 rings (SSSR count). The fraction of sp³-hybridized carbons (Fsp3) is 0.200. The Morgan fingerprint density at radius 3 is 2.68 bits per heavy atom. The number of alkyl halides is 3. The number of halogens is 3. The number of hydrogen-bond donors (Lipinski definition) is 2. The SMILES string of the molecule is C=CCNc1cc(C)nc(Nc2cccc(C(F)(F)F)c2)n1. The van der Waals surface area contributed by atoms with Crippen LogP contribution in [-0.4, -0.2) is 16.5 Å². The number of nitrogens with one attached hydrogen (secondary N) is 2. The van der Waals surface area contributed by atoms with E-state index in [0.29, 0.717) is 18.1 Å². The summed E-state index contributed by atoms with van der Waals surface area (Å²) in [4.78, 5) is 8.36. The van der Waals surface area contributed by atoms with Crippen LogP contribution in [0, 0.1) is 6.92 Å². The molecule has 0 atom stereocenters. The van der Waals surface area contributed by atoms with Crippen LogP contribution in [0.5, 0.6) is 0 Å². The van der Waals surface area contributed by atoms with Gasteiger partial charge in [0, 0.05) is 24.0 Å². The first-order chi connectivity index (χ1) is 10.4. The zero-order chi connectivity index (χ0) is 16.2. The minimum atomic E-state index is -4.39. The van der Waals surface area contributed by atoms with Crippen molar-refractivity contribution in [3.05, 3.63) is 54.2 Å². The first kappa shape index (κ1) is 15.8. The van der Waals surface area contributed by atoms with Gasteiger partial charge >= 0.3 is 6.18 Å². The summed E-state index contributed by atoms with van der Waals surface area (Å²) in [6.45, 7) is 5.90. The van der Waals surface area contributed by atoms with Crippen molar-refractivity contribution in [3.63, 3.8) is 0 Å². The summed E-state index contributed by atoms with van der Waals surface area (Å²) >= 11 is 0. The maximum absolute atomic E-state index is 12.7. The van der Waals surface area contributed by atoms with Crippen molar-refractivity contribution in [1.29, 1.82) is 0 Å². The monoisotopic (exact) mass is 308 g/mol. The van der Waals surface area contributed by atoms with Gasteiger partial charge in [0.2, 0.25) is 5.95 Å². The Labute approximate surface area is 126 Å². The van der Waals surface area contributed by atoms with E-state index in [0.717, 1.165) is 12.1 Å². The molecule has 0 amide bonds. The lowest BCUT2D eigenvalue weighted by atomic mass is 10.2. The number of aromatic nitrogens is 2. The van der Waals surface area contributed by atoms with E-state index in [2.05, 4.69) is 27.2 Å². The topological polar surface area (TPSA) is 49.8 Å². The number of benzene rings is 1. The van der Waals surface area contributed by atoms with Gasteiger partial charge in [-0.05, 0) is 25.1 Å². The molecule has 2 aromatic rings. The lowest BCUT2D eigenvalue weighted by Crippen LogP contribution is -2.07. The zero-order valence-corrected chi connectivity index (χ0v) is 11.9. The van der Waals surface area contributed by atoms with Crippen LogP contribution >= 0.6 is 0 Å². The molecule has 0 saturated heterocycles. The molecule has 0 aliphatic heterocycles. The van der Waals surface area contributed by atoms with E-state index in [1.54, 1.807) is 19.1 Å². The van der Waals surface area contributed by atoms with Gasteiger partial charge in [-0.2, -0.15) is 18.2 Å². The van der Waals surface area contributed by atoms with E-state index in [1.807, 2.05) is 0 Å². The summed E-state index contributed by atoms with van der Waals surface area (Å²) in [5, 5.41) is 5.79. The maximum atomic E-state index is 12.7. The Balaban J connectivity index is 2.23. The summed E-state index contributed by atoms with van der Waals surface area (Å²) < 4.78 is 38.1. The minimum Gasteiger partial charge on any atom is -0.366 e. The van der Waals surface area contributed by atoms with Crippen LogP contribution in [0.4, 0.5) is 30.6 Å². The molecule has 4 nitrogen and oxygen atoms in total. The molecule has 0 fully saturated rings. The third-order valence-corrected chi connectivity index (χ3v) is 2.73. The van der Waals surface area contributed by atoms with Gasteiger partial charge in [0.25, 0.3) is 0 Å². The van der Waals surface area contributed by atoms with Gasteiger partial charge in [-0.25, -0.2) is 4.98 Å². The van der Waals surface area contributed by atoms with E-state index in [9.17, 15) is 13.2 Å². The molecule has 116 valence electrons. The molecule has 1 aromatic carbocycles. The predicted molar refractivity (Wildman–Crippen MR) is 80.2 cm³/mol. The van der Waals surface area contributed by atoms with Crippen molar-refractivity contribution < 1.29 is 13.2 Å². The Hall–Kier alpha value is -2.57. The van der Waals surface area contributed by atoms with E-state index in [1.165, 1.54) is 12.1 Å². The fourth-order valence-corrected chi connectivity index (χ4v) is 1.79. The van der Waals surface area contributed by atoms with Crippen molar-refractivity contribution in [1.82, 2.24) is 9.97 Å². The molecule has 7 heteroatoms. The maximum Gasteiger partial charge on any atom is 0.416 e. The molecule has 1 aromatic heterocycles. The number of hydrogen-bond acceptors (Lipinski definition) is 4. The second-order valence-electron chi connectivity index (χ2n) is 4.59. The first-order valence-electron chi connectivity index (χ1n) is 6.53. The average Bonchev–Trinajstić information content (AvgIpc) is 2.44. The molecule has 0 spiro atoms. The summed E-state index contributed by atoms with van der Waals surface area (Å²) in [6, 6.07) is 6.62. The third-order valence-electron chi connectivity index (χ3n) is 2.73. The van der Waals surface area contributed by atoms with Crippen molar-refractivity contribution >= 4 is 17.5 Å². The molecular formula is C15H15F3N4. The summed E-state index contributed by atoms with van der Waals surface area (Å²) in [5.74, 6) is 0.799. The van der Waals surface area contributed by atoms with Crippen molar-refractivity contribution in [2.24, 2.45) is 0 Å².